The second kappa shape index (κ2) is 8.67. The first-order chi connectivity index (χ1) is 10.5. The molecular weight excluding hydrogens is 314 g/mol. The van der Waals surface area contributed by atoms with Gasteiger partial charge in [0, 0.05) is 25.7 Å². The standard InChI is InChI=1S/C16H23N5O.ClH/c1-12-15(9-13(17)10-22)16(18-11-20(2)3)21(19-12)14-7-5-4-6-8-14;/h4-8,11,13,22H,9-10,17H2,1-3H3;1H/b18-11+;. The van der Waals surface area contributed by atoms with Gasteiger partial charge in [0.05, 0.1) is 24.3 Å². The molecule has 1 aromatic heterocycles. The number of rotatable bonds is 6. The lowest BCUT2D eigenvalue weighted by atomic mass is 10.1. The van der Waals surface area contributed by atoms with Crippen molar-refractivity contribution in [3.63, 3.8) is 0 Å². The maximum atomic E-state index is 9.22. The minimum Gasteiger partial charge on any atom is -0.395 e. The molecule has 0 amide bonds. The minimum atomic E-state index is -0.319. The largest absolute Gasteiger partial charge is 0.395 e. The van der Waals surface area contributed by atoms with Gasteiger partial charge in [0.25, 0.3) is 0 Å². The average Bonchev–Trinajstić information content (AvgIpc) is 2.82. The molecule has 6 nitrogen and oxygen atoms in total. The quantitative estimate of drug-likeness (QED) is 0.621. The van der Waals surface area contributed by atoms with Crippen molar-refractivity contribution in [1.29, 1.82) is 0 Å². The normalized spacial score (nSPS) is 12.2. The van der Waals surface area contributed by atoms with Gasteiger partial charge in [-0.25, -0.2) is 9.67 Å². The number of nitrogens with zero attached hydrogens (tertiary/aromatic N) is 4. The summed E-state index contributed by atoms with van der Waals surface area (Å²) in [6.07, 6.45) is 2.28. The van der Waals surface area contributed by atoms with E-state index >= 15 is 0 Å². The number of para-hydroxylation sites is 1. The number of aliphatic imine (C=N–C) groups is 1. The van der Waals surface area contributed by atoms with E-state index in [4.69, 9.17) is 5.73 Å². The molecule has 0 saturated carbocycles. The Balaban J connectivity index is 0.00000264. The summed E-state index contributed by atoms with van der Waals surface area (Å²) in [5, 5.41) is 13.8. The molecule has 0 bridgehead atoms. The summed E-state index contributed by atoms with van der Waals surface area (Å²) < 4.78 is 1.81. The molecule has 2 aromatic rings. The number of nitrogens with two attached hydrogens (primary N) is 1. The van der Waals surface area contributed by atoms with E-state index in [2.05, 4.69) is 10.1 Å². The SMILES string of the molecule is Cc1nn(-c2ccccc2)c(/N=C/N(C)C)c1CC(N)CO.Cl. The van der Waals surface area contributed by atoms with Crippen LogP contribution in [0, 0.1) is 6.92 Å². The number of halogens is 1. The highest BCUT2D eigenvalue weighted by Crippen LogP contribution is 2.27. The maximum absolute atomic E-state index is 9.22. The lowest BCUT2D eigenvalue weighted by Gasteiger charge is -2.10. The van der Waals surface area contributed by atoms with Crippen LogP contribution in [0.1, 0.15) is 11.3 Å². The van der Waals surface area contributed by atoms with Crippen molar-refractivity contribution in [3.8, 4) is 5.69 Å². The van der Waals surface area contributed by atoms with Crippen molar-refractivity contribution in [2.24, 2.45) is 10.7 Å². The van der Waals surface area contributed by atoms with Crippen LogP contribution in [0.5, 0.6) is 0 Å². The van der Waals surface area contributed by atoms with Crippen molar-refractivity contribution >= 4 is 24.6 Å². The smallest absolute Gasteiger partial charge is 0.160 e. The predicted molar refractivity (Wildman–Crippen MR) is 96.2 cm³/mol. The van der Waals surface area contributed by atoms with Gasteiger partial charge in [0.1, 0.15) is 0 Å². The van der Waals surface area contributed by atoms with Gasteiger partial charge in [-0.1, -0.05) is 18.2 Å². The number of aliphatic hydroxyl groups excluding tert-OH is 1. The fraction of sp³-hybridized carbons (Fsp3) is 0.375. The molecule has 0 spiro atoms. The van der Waals surface area contributed by atoms with Crippen molar-refractivity contribution in [2.45, 2.75) is 19.4 Å². The van der Waals surface area contributed by atoms with E-state index in [1.54, 1.807) is 6.34 Å². The van der Waals surface area contributed by atoms with Crippen molar-refractivity contribution < 1.29 is 5.11 Å². The molecule has 0 saturated heterocycles. The Morgan fingerprint density at radius 3 is 2.57 bits per heavy atom. The predicted octanol–water partition coefficient (Wildman–Crippen LogP) is 1.69. The van der Waals surface area contributed by atoms with Crippen LogP contribution in [0.4, 0.5) is 5.82 Å². The first-order valence-corrected chi connectivity index (χ1v) is 7.24. The summed E-state index contributed by atoms with van der Waals surface area (Å²) in [6.45, 7) is 1.88. The Hall–Kier alpha value is -1.89. The van der Waals surface area contributed by atoms with Crippen LogP contribution in [0.3, 0.4) is 0 Å². The molecular formula is C16H24ClN5O. The second-order valence-corrected chi connectivity index (χ2v) is 5.49. The van der Waals surface area contributed by atoms with Gasteiger partial charge in [-0.3, -0.25) is 0 Å². The van der Waals surface area contributed by atoms with Crippen LogP contribution in [0.15, 0.2) is 35.3 Å². The molecule has 0 fully saturated rings. The molecule has 0 radical (unpaired) electrons. The molecule has 1 heterocycles. The number of benzene rings is 1. The molecule has 0 aliphatic carbocycles. The highest BCUT2D eigenvalue weighted by Gasteiger charge is 2.18. The third kappa shape index (κ3) is 4.79. The molecule has 1 atom stereocenters. The Morgan fingerprint density at radius 2 is 2.00 bits per heavy atom. The van der Waals surface area contributed by atoms with E-state index in [-0.39, 0.29) is 25.1 Å². The third-order valence-electron chi connectivity index (χ3n) is 3.27. The van der Waals surface area contributed by atoms with Crippen molar-refractivity contribution in [1.82, 2.24) is 14.7 Å². The highest BCUT2D eigenvalue weighted by atomic mass is 35.5. The third-order valence-corrected chi connectivity index (χ3v) is 3.27. The number of aromatic nitrogens is 2. The molecule has 1 unspecified atom stereocenters. The molecule has 2 rings (SSSR count). The summed E-state index contributed by atoms with van der Waals surface area (Å²) in [6, 6.07) is 9.54. The Kier molecular flexibility index (Phi) is 7.22. The van der Waals surface area contributed by atoms with Gasteiger partial charge < -0.3 is 15.7 Å². The van der Waals surface area contributed by atoms with Gasteiger partial charge in [0.2, 0.25) is 0 Å². The Labute approximate surface area is 143 Å². The lowest BCUT2D eigenvalue weighted by molar-refractivity contribution is 0.265. The average molecular weight is 338 g/mol. The first kappa shape index (κ1) is 19.2. The van der Waals surface area contributed by atoms with Crippen LogP contribution in [0.2, 0.25) is 0 Å². The van der Waals surface area contributed by atoms with Crippen molar-refractivity contribution in [2.75, 3.05) is 20.7 Å². The van der Waals surface area contributed by atoms with Crippen LogP contribution < -0.4 is 5.73 Å². The Bertz CT molecular complexity index is 639. The van der Waals surface area contributed by atoms with E-state index in [0.717, 1.165) is 22.8 Å². The van der Waals surface area contributed by atoms with Crippen LogP contribution in [-0.4, -0.2) is 52.9 Å². The molecule has 23 heavy (non-hydrogen) atoms. The first-order valence-electron chi connectivity index (χ1n) is 7.24. The van der Waals surface area contributed by atoms with E-state index in [9.17, 15) is 5.11 Å². The maximum Gasteiger partial charge on any atom is 0.160 e. The van der Waals surface area contributed by atoms with Crippen LogP contribution in [0.25, 0.3) is 5.69 Å². The zero-order chi connectivity index (χ0) is 16.1. The zero-order valence-corrected chi connectivity index (χ0v) is 14.5. The van der Waals surface area contributed by atoms with E-state index in [1.165, 1.54) is 0 Å². The summed E-state index contributed by atoms with van der Waals surface area (Å²) in [5.74, 6) is 0.751. The summed E-state index contributed by atoms with van der Waals surface area (Å²) >= 11 is 0. The molecule has 1 aromatic carbocycles. The monoisotopic (exact) mass is 337 g/mol. The van der Waals surface area contributed by atoms with Crippen molar-refractivity contribution in [3.05, 3.63) is 41.6 Å². The Morgan fingerprint density at radius 1 is 1.35 bits per heavy atom. The fourth-order valence-electron chi connectivity index (χ4n) is 2.17. The summed E-state index contributed by atoms with van der Waals surface area (Å²) in [4.78, 5) is 6.42. The minimum absolute atomic E-state index is 0. The molecule has 0 aliphatic heterocycles. The zero-order valence-electron chi connectivity index (χ0n) is 13.7. The number of aryl methyl sites for hydroxylation is 1. The fourth-order valence-corrected chi connectivity index (χ4v) is 2.17. The highest BCUT2D eigenvalue weighted by molar-refractivity contribution is 5.85. The molecule has 126 valence electrons. The topological polar surface area (TPSA) is 79.7 Å². The van der Waals surface area contributed by atoms with Crippen LogP contribution >= 0.6 is 12.4 Å². The van der Waals surface area contributed by atoms with Gasteiger partial charge in [-0.2, -0.15) is 5.10 Å². The summed E-state index contributed by atoms with van der Waals surface area (Å²) in [5.41, 5.74) is 8.68. The van der Waals surface area contributed by atoms with Gasteiger partial charge in [-0.15, -0.1) is 12.4 Å². The van der Waals surface area contributed by atoms with E-state index in [1.807, 2.05) is 60.9 Å². The number of aliphatic hydroxyl groups is 1. The van der Waals surface area contributed by atoms with Gasteiger partial charge >= 0.3 is 0 Å². The van der Waals surface area contributed by atoms with Gasteiger partial charge in [-0.05, 0) is 25.5 Å². The summed E-state index contributed by atoms with van der Waals surface area (Å²) in [7, 11) is 3.83. The number of hydrogen-bond acceptors (Lipinski definition) is 4. The van der Waals surface area contributed by atoms with E-state index < -0.39 is 0 Å². The molecule has 0 aliphatic rings. The number of hydrogen-bond donors (Lipinski definition) is 2. The molecule has 7 heteroatoms. The van der Waals surface area contributed by atoms with Crippen LogP contribution in [-0.2, 0) is 6.42 Å². The van der Waals surface area contributed by atoms with E-state index in [0.29, 0.717) is 6.42 Å². The van der Waals surface area contributed by atoms with Gasteiger partial charge in [0.15, 0.2) is 5.82 Å². The lowest BCUT2D eigenvalue weighted by Crippen LogP contribution is -2.27. The second-order valence-electron chi connectivity index (χ2n) is 5.49. The molecule has 3 N–H and O–H groups in total.